The smallest absolute Gasteiger partial charge is 0.381 e. The SMILES string of the molecule is FC(F)(F)c1nnc(NCCC2CCOC2)s1. The highest BCUT2D eigenvalue weighted by Crippen LogP contribution is 2.33. The maximum atomic E-state index is 12.2. The third-order valence-electron chi connectivity index (χ3n) is 2.52. The number of halogens is 3. The Hall–Kier alpha value is -0.890. The summed E-state index contributed by atoms with van der Waals surface area (Å²) in [6, 6.07) is 0. The molecule has 1 aromatic heterocycles. The Kier molecular flexibility index (Phi) is 3.82. The van der Waals surface area contributed by atoms with E-state index in [-0.39, 0.29) is 5.13 Å². The fraction of sp³-hybridized carbons (Fsp3) is 0.778. The van der Waals surface area contributed by atoms with E-state index in [4.69, 9.17) is 4.74 Å². The average Bonchev–Trinajstić information content (AvgIpc) is 2.86. The van der Waals surface area contributed by atoms with Crippen molar-refractivity contribution < 1.29 is 17.9 Å². The van der Waals surface area contributed by atoms with E-state index in [1.54, 1.807) is 0 Å². The molecule has 0 aromatic carbocycles. The van der Waals surface area contributed by atoms with Gasteiger partial charge in [-0.1, -0.05) is 11.3 Å². The molecule has 2 heterocycles. The van der Waals surface area contributed by atoms with Crippen LogP contribution in [-0.2, 0) is 10.9 Å². The quantitative estimate of drug-likeness (QED) is 0.910. The number of nitrogens with zero attached hydrogens (tertiary/aromatic N) is 2. The number of aromatic nitrogens is 2. The zero-order valence-electron chi connectivity index (χ0n) is 8.96. The topological polar surface area (TPSA) is 47.0 Å². The van der Waals surface area contributed by atoms with Crippen LogP contribution in [0.5, 0.6) is 0 Å². The van der Waals surface area contributed by atoms with Crippen molar-refractivity contribution in [2.75, 3.05) is 25.1 Å². The summed E-state index contributed by atoms with van der Waals surface area (Å²) in [5.41, 5.74) is 0. The highest BCUT2D eigenvalue weighted by atomic mass is 32.1. The molecular formula is C9H12F3N3OS. The summed E-state index contributed by atoms with van der Waals surface area (Å²) >= 11 is 0.533. The van der Waals surface area contributed by atoms with Gasteiger partial charge in [0, 0.05) is 19.8 Å². The van der Waals surface area contributed by atoms with Crippen molar-refractivity contribution in [3.63, 3.8) is 0 Å². The van der Waals surface area contributed by atoms with Gasteiger partial charge in [0.05, 0.1) is 0 Å². The van der Waals surface area contributed by atoms with Crippen molar-refractivity contribution in [2.45, 2.75) is 19.0 Å². The van der Waals surface area contributed by atoms with E-state index in [1.807, 2.05) is 0 Å². The van der Waals surface area contributed by atoms with Crippen LogP contribution in [0.25, 0.3) is 0 Å². The molecule has 1 aliphatic rings. The van der Waals surface area contributed by atoms with Crippen molar-refractivity contribution in [2.24, 2.45) is 5.92 Å². The number of nitrogens with one attached hydrogen (secondary N) is 1. The number of hydrogen-bond donors (Lipinski definition) is 1. The van der Waals surface area contributed by atoms with E-state index >= 15 is 0 Å². The van der Waals surface area contributed by atoms with Crippen molar-refractivity contribution in [3.8, 4) is 0 Å². The van der Waals surface area contributed by atoms with Crippen LogP contribution < -0.4 is 5.32 Å². The lowest BCUT2D eigenvalue weighted by atomic mass is 10.1. The second-order valence-electron chi connectivity index (χ2n) is 3.86. The summed E-state index contributed by atoms with van der Waals surface area (Å²) in [5.74, 6) is 0.498. The molecule has 1 aromatic rings. The molecule has 1 N–H and O–H groups in total. The minimum atomic E-state index is -4.41. The van der Waals surface area contributed by atoms with Gasteiger partial charge in [0.25, 0.3) is 0 Å². The molecule has 96 valence electrons. The van der Waals surface area contributed by atoms with Gasteiger partial charge >= 0.3 is 6.18 Å². The first kappa shape index (κ1) is 12.6. The highest BCUT2D eigenvalue weighted by Gasteiger charge is 2.35. The second kappa shape index (κ2) is 5.18. The first-order valence-corrected chi connectivity index (χ1v) is 6.09. The van der Waals surface area contributed by atoms with Gasteiger partial charge in [-0.25, -0.2) is 0 Å². The molecule has 17 heavy (non-hydrogen) atoms. The Bertz CT molecular complexity index is 363. The molecule has 0 amide bonds. The zero-order chi connectivity index (χ0) is 12.3. The molecule has 0 bridgehead atoms. The standard InChI is InChI=1S/C9H12F3N3OS/c10-9(11,12)7-14-15-8(17-7)13-3-1-6-2-4-16-5-6/h6H,1-5H2,(H,13,15). The maximum absolute atomic E-state index is 12.2. The van der Waals surface area contributed by atoms with E-state index in [0.717, 1.165) is 26.1 Å². The summed E-state index contributed by atoms with van der Waals surface area (Å²) in [6.07, 6.45) is -2.51. The normalized spacial score (nSPS) is 20.8. The van der Waals surface area contributed by atoms with Gasteiger partial charge in [-0.2, -0.15) is 13.2 Å². The monoisotopic (exact) mass is 267 g/mol. The minimum absolute atomic E-state index is 0.219. The Morgan fingerprint density at radius 2 is 2.24 bits per heavy atom. The Labute approximate surface area is 100 Å². The molecule has 8 heteroatoms. The van der Waals surface area contributed by atoms with Gasteiger partial charge in [0.2, 0.25) is 10.1 Å². The van der Waals surface area contributed by atoms with Crippen molar-refractivity contribution in [1.82, 2.24) is 10.2 Å². The van der Waals surface area contributed by atoms with E-state index in [2.05, 4.69) is 15.5 Å². The van der Waals surface area contributed by atoms with Crippen LogP contribution in [0.2, 0.25) is 0 Å². The van der Waals surface area contributed by atoms with E-state index in [1.165, 1.54) is 0 Å². The van der Waals surface area contributed by atoms with Crippen LogP contribution in [0.1, 0.15) is 17.8 Å². The van der Waals surface area contributed by atoms with Gasteiger partial charge in [0.1, 0.15) is 0 Å². The van der Waals surface area contributed by atoms with Gasteiger partial charge in [0.15, 0.2) is 0 Å². The van der Waals surface area contributed by atoms with Crippen LogP contribution in [0.3, 0.4) is 0 Å². The van der Waals surface area contributed by atoms with Crippen molar-refractivity contribution >= 4 is 16.5 Å². The van der Waals surface area contributed by atoms with Crippen LogP contribution in [0.4, 0.5) is 18.3 Å². The van der Waals surface area contributed by atoms with Crippen LogP contribution in [-0.4, -0.2) is 30.0 Å². The molecular weight excluding hydrogens is 255 g/mol. The van der Waals surface area contributed by atoms with Gasteiger partial charge in [-0.05, 0) is 18.8 Å². The molecule has 1 atom stereocenters. The first-order valence-electron chi connectivity index (χ1n) is 5.28. The summed E-state index contributed by atoms with van der Waals surface area (Å²) in [6.45, 7) is 2.12. The Morgan fingerprint density at radius 3 is 2.82 bits per heavy atom. The van der Waals surface area contributed by atoms with Crippen LogP contribution in [0, 0.1) is 5.92 Å². The Balaban J connectivity index is 1.77. The molecule has 1 unspecified atom stereocenters. The summed E-state index contributed by atoms with van der Waals surface area (Å²) in [7, 11) is 0. The number of alkyl halides is 3. The molecule has 2 rings (SSSR count). The number of ether oxygens (including phenoxy) is 1. The lowest BCUT2D eigenvalue weighted by molar-refractivity contribution is -0.138. The largest absolute Gasteiger partial charge is 0.445 e. The fourth-order valence-corrected chi connectivity index (χ4v) is 2.24. The molecule has 1 saturated heterocycles. The van der Waals surface area contributed by atoms with E-state index in [0.29, 0.717) is 23.8 Å². The zero-order valence-corrected chi connectivity index (χ0v) is 9.77. The van der Waals surface area contributed by atoms with Crippen LogP contribution in [0.15, 0.2) is 0 Å². The van der Waals surface area contributed by atoms with Crippen LogP contribution >= 0.6 is 11.3 Å². The molecule has 1 aliphatic heterocycles. The molecule has 0 aliphatic carbocycles. The summed E-state index contributed by atoms with van der Waals surface area (Å²) < 4.78 is 41.9. The first-order chi connectivity index (χ1) is 8.05. The molecule has 0 spiro atoms. The highest BCUT2D eigenvalue weighted by molar-refractivity contribution is 7.15. The number of anilines is 1. The predicted molar refractivity (Wildman–Crippen MR) is 56.9 cm³/mol. The van der Waals surface area contributed by atoms with E-state index in [9.17, 15) is 13.2 Å². The second-order valence-corrected chi connectivity index (χ2v) is 4.83. The predicted octanol–water partition coefficient (Wildman–Crippen LogP) is 2.40. The summed E-state index contributed by atoms with van der Waals surface area (Å²) in [4.78, 5) is 0. The van der Waals surface area contributed by atoms with E-state index < -0.39 is 11.2 Å². The molecule has 0 saturated carbocycles. The third kappa shape index (κ3) is 3.53. The van der Waals surface area contributed by atoms with Gasteiger partial charge < -0.3 is 10.1 Å². The molecule has 1 fully saturated rings. The maximum Gasteiger partial charge on any atom is 0.445 e. The van der Waals surface area contributed by atoms with Crippen molar-refractivity contribution in [3.05, 3.63) is 5.01 Å². The number of hydrogen-bond acceptors (Lipinski definition) is 5. The minimum Gasteiger partial charge on any atom is -0.381 e. The third-order valence-corrected chi connectivity index (χ3v) is 3.45. The number of rotatable bonds is 4. The van der Waals surface area contributed by atoms with Gasteiger partial charge in [-0.15, -0.1) is 10.2 Å². The fourth-order valence-electron chi connectivity index (χ4n) is 1.60. The molecule has 0 radical (unpaired) electrons. The van der Waals surface area contributed by atoms with Crippen molar-refractivity contribution in [1.29, 1.82) is 0 Å². The summed E-state index contributed by atoms with van der Waals surface area (Å²) in [5, 5.41) is 8.71. The Morgan fingerprint density at radius 1 is 1.41 bits per heavy atom. The van der Waals surface area contributed by atoms with Gasteiger partial charge in [-0.3, -0.25) is 0 Å². The average molecular weight is 267 g/mol. The molecule has 4 nitrogen and oxygen atoms in total. The lowest BCUT2D eigenvalue weighted by Gasteiger charge is -2.06. The lowest BCUT2D eigenvalue weighted by Crippen LogP contribution is -2.08.